The van der Waals surface area contributed by atoms with E-state index in [0.29, 0.717) is 11.6 Å². The smallest absolute Gasteiger partial charge is 0.272 e. The van der Waals surface area contributed by atoms with Gasteiger partial charge in [-0.1, -0.05) is 61.8 Å². The number of nitrogens with one attached hydrogen (secondary N) is 2. The van der Waals surface area contributed by atoms with E-state index < -0.39 is 11.9 Å². The van der Waals surface area contributed by atoms with E-state index in [-0.39, 0.29) is 22.5 Å². The van der Waals surface area contributed by atoms with Crippen LogP contribution in [0, 0.1) is 19.8 Å². The molecule has 1 atom stereocenters. The summed E-state index contributed by atoms with van der Waals surface area (Å²) < 4.78 is 0. The van der Waals surface area contributed by atoms with Gasteiger partial charge in [0.1, 0.15) is 6.04 Å². The first kappa shape index (κ1) is 23.2. The van der Waals surface area contributed by atoms with Gasteiger partial charge in [0, 0.05) is 5.69 Å². The molecule has 1 aromatic carbocycles. The number of aromatic nitrogens is 2. The molecule has 0 aliphatic carbocycles. The Kier molecular flexibility index (Phi) is 8.46. The van der Waals surface area contributed by atoms with E-state index in [4.69, 9.17) is 11.6 Å². The Morgan fingerprint density at radius 1 is 1.24 bits per heavy atom. The SMILES string of the molecule is CCSc1ncc(Cl)c(C(=O)NC(CC(C)C)C(=O)Nc2ccc(C)cc2C)n1. The lowest BCUT2D eigenvalue weighted by Gasteiger charge is -2.21. The van der Waals surface area contributed by atoms with Gasteiger partial charge in [-0.2, -0.15) is 0 Å². The molecule has 8 heteroatoms. The number of halogens is 1. The number of hydrogen-bond donors (Lipinski definition) is 2. The highest BCUT2D eigenvalue weighted by molar-refractivity contribution is 7.99. The Morgan fingerprint density at radius 3 is 2.59 bits per heavy atom. The Bertz CT molecular complexity index is 889. The molecule has 0 fully saturated rings. The Labute approximate surface area is 181 Å². The topological polar surface area (TPSA) is 84.0 Å². The summed E-state index contributed by atoms with van der Waals surface area (Å²) in [5.41, 5.74) is 2.88. The van der Waals surface area contributed by atoms with Crippen molar-refractivity contribution in [3.63, 3.8) is 0 Å². The number of anilines is 1. The minimum Gasteiger partial charge on any atom is -0.339 e. The van der Waals surface area contributed by atoms with Crippen LogP contribution in [-0.2, 0) is 4.79 Å². The highest BCUT2D eigenvalue weighted by Gasteiger charge is 2.25. The molecule has 0 radical (unpaired) electrons. The van der Waals surface area contributed by atoms with Crippen LogP contribution < -0.4 is 10.6 Å². The van der Waals surface area contributed by atoms with Crippen LogP contribution in [0.2, 0.25) is 5.02 Å². The van der Waals surface area contributed by atoms with Gasteiger partial charge in [0.15, 0.2) is 10.9 Å². The van der Waals surface area contributed by atoms with Crippen LogP contribution in [0.5, 0.6) is 0 Å². The quantitative estimate of drug-likeness (QED) is 0.467. The third kappa shape index (κ3) is 6.72. The van der Waals surface area contributed by atoms with Crippen molar-refractivity contribution < 1.29 is 9.59 Å². The fourth-order valence-corrected chi connectivity index (χ4v) is 3.53. The average molecular weight is 435 g/mol. The highest BCUT2D eigenvalue weighted by Crippen LogP contribution is 2.20. The standard InChI is InChI=1S/C21H27ClN4O2S/c1-6-29-21-23-11-15(22)18(26-21)20(28)25-17(9-12(2)3)19(27)24-16-8-7-13(4)10-14(16)5/h7-8,10-12,17H,6,9H2,1-5H3,(H,24,27)(H,25,28). The minimum atomic E-state index is -0.712. The molecule has 2 rings (SSSR count). The van der Waals surface area contributed by atoms with Gasteiger partial charge in [-0.15, -0.1) is 0 Å². The average Bonchev–Trinajstić information content (AvgIpc) is 2.64. The second kappa shape index (κ2) is 10.6. The molecule has 0 saturated heterocycles. The lowest BCUT2D eigenvalue weighted by molar-refractivity contribution is -0.118. The molecule has 0 spiro atoms. The van der Waals surface area contributed by atoms with Crippen molar-refractivity contribution in [3.05, 3.63) is 46.2 Å². The van der Waals surface area contributed by atoms with Gasteiger partial charge >= 0.3 is 0 Å². The van der Waals surface area contributed by atoms with Crippen LogP contribution >= 0.6 is 23.4 Å². The molecule has 0 bridgehead atoms. The molecule has 6 nitrogen and oxygen atoms in total. The second-order valence-electron chi connectivity index (χ2n) is 7.25. The third-order valence-corrected chi connectivity index (χ3v) is 5.20. The fraction of sp³-hybridized carbons (Fsp3) is 0.429. The maximum atomic E-state index is 12.9. The lowest BCUT2D eigenvalue weighted by Crippen LogP contribution is -2.45. The monoisotopic (exact) mass is 434 g/mol. The summed E-state index contributed by atoms with van der Waals surface area (Å²) in [5.74, 6) is 0.220. The predicted octanol–water partition coefficient (Wildman–Crippen LogP) is 4.64. The molecule has 2 aromatic rings. The van der Waals surface area contributed by atoms with Crippen LogP contribution in [-0.4, -0.2) is 33.6 Å². The van der Waals surface area contributed by atoms with Crippen molar-refractivity contribution in [3.8, 4) is 0 Å². The van der Waals surface area contributed by atoms with Gasteiger partial charge < -0.3 is 10.6 Å². The second-order valence-corrected chi connectivity index (χ2v) is 8.88. The van der Waals surface area contributed by atoms with Crippen molar-refractivity contribution >= 4 is 40.9 Å². The van der Waals surface area contributed by atoms with Crippen LogP contribution in [0.1, 0.15) is 48.8 Å². The first-order valence-electron chi connectivity index (χ1n) is 9.55. The van der Waals surface area contributed by atoms with Crippen molar-refractivity contribution in [1.82, 2.24) is 15.3 Å². The van der Waals surface area contributed by atoms with E-state index in [2.05, 4.69) is 20.6 Å². The molecule has 2 amide bonds. The Hall–Kier alpha value is -2.12. The first-order valence-corrected chi connectivity index (χ1v) is 10.9. The summed E-state index contributed by atoms with van der Waals surface area (Å²) in [4.78, 5) is 34.1. The van der Waals surface area contributed by atoms with Gasteiger partial charge in [-0.25, -0.2) is 9.97 Å². The van der Waals surface area contributed by atoms with Gasteiger partial charge in [0.25, 0.3) is 5.91 Å². The number of aryl methyl sites for hydroxylation is 2. The van der Waals surface area contributed by atoms with Crippen molar-refractivity contribution in [1.29, 1.82) is 0 Å². The summed E-state index contributed by atoms with van der Waals surface area (Å²) in [7, 11) is 0. The predicted molar refractivity (Wildman–Crippen MR) is 119 cm³/mol. The largest absolute Gasteiger partial charge is 0.339 e. The number of hydrogen-bond acceptors (Lipinski definition) is 5. The molecule has 29 heavy (non-hydrogen) atoms. The molecule has 0 aliphatic rings. The molecule has 1 heterocycles. The maximum Gasteiger partial charge on any atom is 0.272 e. The molecule has 0 aliphatic heterocycles. The van der Waals surface area contributed by atoms with Crippen molar-refractivity contribution in [2.24, 2.45) is 5.92 Å². The number of carbonyl (C=O) groups is 2. The van der Waals surface area contributed by atoms with Gasteiger partial charge in [-0.05, 0) is 43.6 Å². The van der Waals surface area contributed by atoms with E-state index in [0.717, 1.165) is 22.6 Å². The van der Waals surface area contributed by atoms with E-state index in [1.165, 1.54) is 18.0 Å². The molecular weight excluding hydrogens is 408 g/mol. The summed E-state index contributed by atoms with van der Waals surface area (Å²) in [6.07, 6.45) is 1.90. The molecule has 156 valence electrons. The van der Waals surface area contributed by atoms with Crippen molar-refractivity contribution in [2.45, 2.75) is 52.2 Å². The Morgan fingerprint density at radius 2 is 1.97 bits per heavy atom. The maximum absolute atomic E-state index is 12.9. The van der Waals surface area contributed by atoms with Gasteiger partial charge in [0.05, 0.1) is 11.2 Å². The number of amides is 2. The zero-order valence-corrected chi connectivity index (χ0v) is 18.9. The van der Waals surface area contributed by atoms with Gasteiger partial charge in [-0.3, -0.25) is 9.59 Å². The number of carbonyl (C=O) groups excluding carboxylic acids is 2. The highest BCUT2D eigenvalue weighted by atomic mass is 35.5. The molecular formula is C21H27ClN4O2S. The number of benzene rings is 1. The zero-order valence-electron chi connectivity index (χ0n) is 17.4. The number of rotatable bonds is 8. The minimum absolute atomic E-state index is 0.0747. The zero-order chi connectivity index (χ0) is 21.6. The lowest BCUT2D eigenvalue weighted by atomic mass is 10.0. The molecule has 2 N–H and O–H groups in total. The summed E-state index contributed by atoms with van der Waals surface area (Å²) in [5, 5.41) is 6.34. The summed E-state index contributed by atoms with van der Waals surface area (Å²) in [6, 6.07) is 5.09. The molecule has 1 unspecified atom stereocenters. The third-order valence-electron chi connectivity index (χ3n) is 4.18. The molecule has 0 saturated carbocycles. The van der Waals surface area contributed by atoms with Crippen LogP contribution in [0.3, 0.4) is 0 Å². The van der Waals surface area contributed by atoms with E-state index >= 15 is 0 Å². The summed E-state index contributed by atoms with van der Waals surface area (Å²) >= 11 is 7.55. The normalized spacial score (nSPS) is 12.0. The summed E-state index contributed by atoms with van der Waals surface area (Å²) in [6.45, 7) is 9.90. The van der Waals surface area contributed by atoms with E-state index in [9.17, 15) is 9.59 Å². The first-order chi connectivity index (χ1) is 13.7. The van der Waals surface area contributed by atoms with E-state index in [1.54, 1.807) is 0 Å². The number of thioether (sulfide) groups is 1. The van der Waals surface area contributed by atoms with Crippen LogP contribution in [0.25, 0.3) is 0 Å². The van der Waals surface area contributed by atoms with E-state index in [1.807, 2.05) is 52.8 Å². The fourth-order valence-electron chi connectivity index (χ4n) is 2.81. The number of nitrogens with zero attached hydrogens (tertiary/aromatic N) is 2. The van der Waals surface area contributed by atoms with Crippen LogP contribution in [0.4, 0.5) is 5.69 Å². The van der Waals surface area contributed by atoms with Gasteiger partial charge in [0.2, 0.25) is 5.91 Å². The molecule has 1 aromatic heterocycles. The Balaban J connectivity index is 2.20. The van der Waals surface area contributed by atoms with Crippen molar-refractivity contribution in [2.75, 3.05) is 11.1 Å². The van der Waals surface area contributed by atoms with Crippen LogP contribution in [0.15, 0.2) is 29.6 Å².